The van der Waals surface area contributed by atoms with E-state index in [1.54, 1.807) is 24.5 Å². The van der Waals surface area contributed by atoms with Gasteiger partial charge in [0, 0.05) is 12.7 Å². The Balaban J connectivity index is 2.37. The van der Waals surface area contributed by atoms with E-state index in [1.807, 2.05) is 4.90 Å². The maximum Gasteiger partial charge on any atom is 0.243 e. The number of carbonyl (C=O) groups is 1. The predicted molar refractivity (Wildman–Crippen MR) is 55.3 cm³/mol. The number of nitrogens with one attached hydrogen (secondary N) is 1. The molecule has 0 radical (unpaired) electrons. The number of fused-ring (bicyclic) bond motifs is 1. The molecule has 72 valence electrons. The van der Waals surface area contributed by atoms with Crippen LogP contribution < -0.4 is 10.2 Å². The molecule has 1 aliphatic heterocycles. The van der Waals surface area contributed by atoms with Gasteiger partial charge in [-0.2, -0.15) is 0 Å². The Morgan fingerprint density at radius 1 is 1.71 bits per heavy atom. The molecule has 0 atom stereocenters. The molecule has 1 aliphatic rings. The SMILES string of the molecule is C=CCN1CC(=O)Nc2ccncc21. The maximum atomic E-state index is 11.3. The summed E-state index contributed by atoms with van der Waals surface area (Å²) in [6.07, 6.45) is 5.18. The van der Waals surface area contributed by atoms with Crippen LogP contribution in [-0.4, -0.2) is 24.0 Å². The first-order valence-corrected chi connectivity index (χ1v) is 4.41. The number of rotatable bonds is 2. The van der Waals surface area contributed by atoms with E-state index in [-0.39, 0.29) is 5.91 Å². The minimum Gasteiger partial charge on any atom is -0.356 e. The van der Waals surface area contributed by atoms with Crippen LogP contribution in [0.5, 0.6) is 0 Å². The van der Waals surface area contributed by atoms with Crippen molar-refractivity contribution in [1.29, 1.82) is 0 Å². The van der Waals surface area contributed by atoms with Crippen LogP contribution in [0.2, 0.25) is 0 Å². The van der Waals surface area contributed by atoms with E-state index in [0.717, 1.165) is 11.4 Å². The molecule has 2 rings (SSSR count). The molecule has 0 fully saturated rings. The smallest absolute Gasteiger partial charge is 0.243 e. The molecule has 4 heteroatoms. The van der Waals surface area contributed by atoms with Gasteiger partial charge in [0.2, 0.25) is 5.91 Å². The molecule has 0 aliphatic carbocycles. The van der Waals surface area contributed by atoms with Gasteiger partial charge in [0.1, 0.15) is 0 Å². The monoisotopic (exact) mass is 189 g/mol. The molecule has 1 amide bonds. The summed E-state index contributed by atoms with van der Waals surface area (Å²) in [5, 5.41) is 2.79. The fraction of sp³-hybridized carbons (Fsp3) is 0.200. The number of nitrogens with zero attached hydrogens (tertiary/aromatic N) is 2. The summed E-state index contributed by atoms with van der Waals surface area (Å²) >= 11 is 0. The highest BCUT2D eigenvalue weighted by molar-refractivity contribution is 6.00. The summed E-state index contributed by atoms with van der Waals surface area (Å²) in [7, 11) is 0. The Kier molecular flexibility index (Phi) is 2.18. The molecule has 1 aromatic heterocycles. The summed E-state index contributed by atoms with van der Waals surface area (Å²) in [6.45, 7) is 4.68. The van der Waals surface area contributed by atoms with Gasteiger partial charge in [-0.25, -0.2) is 0 Å². The number of anilines is 2. The largest absolute Gasteiger partial charge is 0.356 e. The second-order valence-electron chi connectivity index (χ2n) is 3.11. The van der Waals surface area contributed by atoms with Crippen LogP contribution in [0.1, 0.15) is 0 Å². The standard InChI is InChI=1S/C10H11N3O/c1-2-5-13-7-10(14)12-8-3-4-11-6-9(8)13/h2-4,6H,1,5,7H2,(H,12,14). The number of pyridine rings is 1. The minimum atomic E-state index is 0.00514. The molecule has 1 N–H and O–H groups in total. The van der Waals surface area contributed by atoms with E-state index in [2.05, 4.69) is 16.9 Å². The lowest BCUT2D eigenvalue weighted by Gasteiger charge is -2.29. The third-order valence-corrected chi connectivity index (χ3v) is 2.10. The third kappa shape index (κ3) is 1.46. The van der Waals surface area contributed by atoms with Crippen molar-refractivity contribution in [2.45, 2.75) is 0 Å². The van der Waals surface area contributed by atoms with Crippen molar-refractivity contribution in [3.05, 3.63) is 31.1 Å². The molecule has 0 spiro atoms. The van der Waals surface area contributed by atoms with Crippen molar-refractivity contribution in [3.63, 3.8) is 0 Å². The van der Waals surface area contributed by atoms with E-state index in [1.165, 1.54) is 0 Å². The number of hydrogen-bond acceptors (Lipinski definition) is 3. The quantitative estimate of drug-likeness (QED) is 0.707. The Hall–Kier alpha value is -1.84. The van der Waals surface area contributed by atoms with E-state index in [4.69, 9.17) is 0 Å². The molecule has 0 saturated carbocycles. The highest BCUT2D eigenvalue weighted by atomic mass is 16.2. The molecule has 0 unspecified atom stereocenters. The zero-order chi connectivity index (χ0) is 9.97. The van der Waals surface area contributed by atoms with Crippen LogP contribution in [-0.2, 0) is 4.79 Å². The fourth-order valence-corrected chi connectivity index (χ4v) is 1.51. The lowest BCUT2D eigenvalue weighted by molar-refractivity contribution is -0.115. The summed E-state index contributed by atoms with van der Waals surface area (Å²) in [4.78, 5) is 17.3. The summed E-state index contributed by atoms with van der Waals surface area (Å²) in [6, 6.07) is 1.79. The first-order chi connectivity index (χ1) is 6.81. The Bertz CT molecular complexity index is 375. The van der Waals surface area contributed by atoms with Crippen LogP contribution in [0.4, 0.5) is 11.4 Å². The van der Waals surface area contributed by atoms with Gasteiger partial charge in [-0.3, -0.25) is 9.78 Å². The molecule has 0 bridgehead atoms. The van der Waals surface area contributed by atoms with Gasteiger partial charge in [-0.15, -0.1) is 6.58 Å². The number of amides is 1. The lowest BCUT2D eigenvalue weighted by Crippen LogP contribution is -2.38. The van der Waals surface area contributed by atoms with E-state index in [0.29, 0.717) is 13.1 Å². The summed E-state index contributed by atoms with van der Waals surface area (Å²) < 4.78 is 0. The van der Waals surface area contributed by atoms with Crippen LogP contribution in [0.3, 0.4) is 0 Å². The van der Waals surface area contributed by atoms with Gasteiger partial charge in [-0.05, 0) is 6.07 Å². The van der Waals surface area contributed by atoms with Gasteiger partial charge < -0.3 is 10.2 Å². The molecule has 1 aromatic rings. The normalized spacial score (nSPS) is 14.6. The predicted octanol–water partition coefficient (Wildman–Crippen LogP) is 1.03. The molecular formula is C10H11N3O. The van der Waals surface area contributed by atoms with E-state index < -0.39 is 0 Å². The molecule has 4 nitrogen and oxygen atoms in total. The second kappa shape index (κ2) is 3.49. The Morgan fingerprint density at radius 2 is 2.57 bits per heavy atom. The third-order valence-electron chi connectivity index (χ3n) is 2.10. The fourth-order valence-electron chi connectivity index (χ4n) is 1.51. The van der Waals surface area contributed by atoms with Crippen molar-refractivity contribution in [2.75, 3.05) is 23.3 Å². The maximum absolute atomic E-state index is 11.3. The average Bonchev–Trinajstić information content (AvgIpc) is 2.18. The van der Waals surface area contributed by atoms with Crippen molar-refractivity contribution >= 4 is 17.3 Å². The number of carbonyl (C=O) groups excluding carboxylic acids is 1. The van der Waals surface area contributed by atoms with Crippen molar-refractivity contribution in [1.82, 2.24) is 4.98 Å². The van der Waals surface area contributed by atoms with Gasteiger partial charge in [0.25, 0.3) is 0 Å². The second-order valence-corrected chi connectivity index (χ2v) is 3.11. The molecule has 2 heterocycles. The van der Waals surface area contributed by atoms with Crippen LogP contribution >= 0.6 is 0 Å². The van der Waals surface area contributed by atoms with Crippen molar-refractivity contribution < 1.29 is 4.79 Å². The first-order valence-electron chi connectivity index (χ1n) is 4.41. The number of aromatic nitrogens is 1. The molecule has 14 heavy (non-hydrogen) atoms. The van der Waals surface area contributed by atoms with Gasteiger partial charge in [-0.1, -0.05) is 6.08 Å². The van der Waals surface area contributed by atoms with Crippen LogP contribution in [0, 0.1) is 0 Å². The number of hydrogen-bond donors (Lipinski definition) is 1. The summed E-state index contributed by atoms with van der Waals surface area (Å²) in [5.41, 5.74) is 1.77. The first kappa shape index (κ1) is 8.74. The van der Waals surface area contributed by atoms with E-state index >= 15 is 0 Å². The zero-order valence-electron chi connectivity index (χ0n) is 7.73. The minimum absolute atomic E-state index is 0.00514. The van der Waals surface area contributed by atoms with Gasteiger partial charge in [0.15, 0.2) is 0 Å². The van der Waals surface area contributed by atoms with E-state index in [9.17, 15) is 4.79 Å². The van der Waals surface area contributed by atoms with Gasteiger partial charge >= 0.3 is 0 Å². The summed E-state index contributed by atoms with van der Waals surface area (Å²) in [5.74, 6) is 0.00514. The molecular weight excluding hydrogens is 178 g/mol. The average molecular weight is 189 g/mol. The highest BCUT2D eigenvalue weighted by Crippen LogP contribution is 2.27. The van der Waals surface area contributed by atoms with Crippen molar-refractivity contribution in [3.8, 4) is 0 Å². The molecule has 0 aromatic carbocycles. The zero-order valence-corrected chi connectivity index (χ0v) is 7.73. The van der Waals surface area contributed by atoms with Crippen molar-refractivity contribution in [2.24, 2.45) is 0 Å². The topological polar surface area (TPSA) is 45.2 Å². The lowest BCUT2D eigenvalue weighted by atomic mass is 10.2. The van der Waals surface area contributed by atoms with Crippen LogP contribution in [0.25, 0.3) is 0 Å². The Morgan fingerprint density at radius 3 is 3.36 bits per heavy atom. The van der Waals surface area contributed by atoms with Crippen LogP contribution in [0.15, 0.2) is 31.1 Å². The molecule has 0 saturated heterocycles. The Labute approximate surface area is 82.3 Å². The van der Waals surface area contributed by atoms with Gasteiger partial charge in [0.05, 0.1) is 24.1 Å². The highest BCUT2D eigenvalue weighted by Gasteiger charge is 2.20.